The average molecular weight is 443 g/mol. The molecule has 3 atom stereocenters. The maximum absolute atomic E-state index is 6.02. The summed E-state index contributed by atoms with van der Waals surface area (Å²) in [5.41, 5.74) is 0.916. The van der Waals surface area contributed by atoms with Crippen molar-refractivity contribution in [3.05, 3.63) is 42.5 Å². The second-order valence-electron chi connectivity index (χ2n) is 7.33. The summed E-state index contributed by atoms with van der Waals surface area (Å²) in [7, 11) is 3.29. The minimum absolute atomic E-state index is 0.0526. The van der Waals surface area contributed by atoms with Crippen LogP contribution in [0, 0.1) is 0 Å². The molecule has 1 aliphatic rings. The summed E-state index contributed by atoms with van der Waals surface area (Å²) in [5.74, 6) is 3.75. The fourth-order valence-corrected chi connectivity index (χ4v) is 4.12. The third kappa shape index (κ3) is 4.45. The van der Waals surface area contributed by atoms with Gasteiger partial charge in [-0.25, -0.2) is 9.97 Å². The van der Waals surface area contributed by atoms with E-state index in [9.17, 15) is 0 Å². The van der Waals surface area contributed by atoms with Crippen molar-refractivity contribution in [2.45, 2.75) is 31.1 Å². The van der Waals surface area contributed by atoms with Crippen molar-refractivity contribution in [3.63, 3.8) is 0 Å². The van der Waals surface area contributed by atoms with Crippen LogP contribution in [0.5, 0.6) is 11.5 Å². The van der Waals surface area contributed by atoms with E-state index in [0.717, 1.165) is 23.0 Å². The zero-order valence-electron chi connectivity index (χ0n) is 18.0. The Kier molecular flexibility index (Phi) is 6.57. The molecule has 4 rings (SSSR count). The van der Waals surface area contributed by atoms with Gasteiger partial charge in [0.05, 0.1) is 37.7 Å². The number of ether oxygens (including phenoxy) is 3. The van der Waals surface area contributed by atoms with Gasteiger partial charge in [-0.15, -0.1) is 10.2 Å². The molecule has 1 aliphatic heterocycles. The highest BCUT2D eigenvalue weighted by atomic mass is 32.2. The number of anilines is 1. The van der Waals surface area contributed by atoms with Gasteiger partial charge in [0.15, 0.2) is 11.6 Å². The van der Waals surface area contributed by atoms with E-state index < -0.39 is 0 Å². The van der Waals surface area contributed by atoms with Crippen molar-refractivity contribution < 1.29 is 14.2 Å². The zero-order chi connectivity index (χ0) is 21.8. The SMILES string of the molecule is COCC1COc2ccccc2-c2nnc(NSC(C)C(C)c3ncc(OC)cn3)n21. The standard InChI is InChI=1S/C21H26N6O3S/c1-13(19-22-9-16(29-4)10-23-19)14(2)31-26-21-25-24-20-17-7-5-6-8-18(17)30-12-15(11-28-3)27(20)21/h5-10,13-15H,11-12H2,1-4H3,(H,25,26). The van der Waals surface area contributed by atoms with E-state index in [1.807, 2.05) is 24.3 Å². The van der Waals surface area contributed by atoms with Crippen LogP contribution < -0.4 is 14.2 Å². The second-order valence-corrected chi connectivity index (χ2v) is 8.51. The van der Waals surface area contributed by atoms with E-state index in [1.54, 1.807) is 38.6 Å². The van der Waals surface area contributed by atoms with Crippen LogP contribution in [-0.4, -0.2) is 57.4 Å². The van der Waals surface area contributed by atoms with E-state index >= 15 is 0 Å². The summed E-state index contributed by atoms with van der Waals surface area (Å²) in [6.45, 7) is 5.19. The quantitative estimate of drug-likeness (QED) is 0.525. The molecule has 3 unspecified atom stereocenters. The predicted molar refractivity (Wildman–Crippen MR) is 120 cm³/mol. The van der Waals surface area contributed by atoms with Gasteiger partial charge in [0.2, 0.25) is 5.95 Å². The van der Waals surface area contributed by atoms with Gasteiger partial charge in [-0.05, 0) is 24.1 Å². The molecular formula is C21H26N6O3S. The lowest BCUT2D eigenvalue weighted by atomic mass is 10.1. The number of nitrogens with zero attached hydrogens (tertiary/aromatic N) is 5. The zero-order valence-corrected chi connectivity index (χ0v) is 18.8. The first-order valence-electron chi connectivity index (χ1n) is 10.1. The molecule has 3 heterocycles. The van der Waals surface area contributed by atoms with Crippen LogP contribution in [0.4, 0.5) is 5.95 Å². The molecule has 31 heavy (non-hydrogen) atoms. The summed E-state index contributed by atoms with van der Waals surface area (Å²) in [4.78, 5) is 8.83. The Balaban J connectivity index is 1.53. The smallest absolute Gasteiger partial charge is 0.235 e. The monoisotopic (exact) mass is 442 g/mol. The Morgan fingerprint density at radius 1 is 1.19 bits per heavy atom. The Hall–Kier alpha value is -2.85. The van der Waals surface area contributed by atoms with Crippen molar-refractivity contribution in [2.24, 2.45) is 0 Å². The Morgan fingerprint density at radius 2 is 1.97 bits per heavy atom. The Labute approximate surface area is 185 Å². The molecular weight excluding hydrogens is 416 g/mol. The number of benzene rings is 1. The van der Waals surface area contributed by atoms with Crippen molar-refractivity contribution >= 4 is 17.9 Å². The van der Waals surface area contributed by atoms with Crippen molar-refractivity contribution in [2.75, 3.05) is 32.2 Å². The van der Waals surface area contributed by atoms with Crippen LogP contribution in [-0.2, 0) is 4.74 Å². The van der Waals surface area contributed by atoms with Crippen LogP contribution in [0.3, 0.4) is 0 Å². The first kappa shape index (κ1) is 21.4. The number of aromatic nitrogens is 5. The highest BCUT2D eigenvalue weighted by Crippen LogP contribution is 2.37. The fraction of sp³-hybridized carbons (Fsp3) is 0.429. The highest BCUT2D eigenvalue weighted by molar-refractivity contribution is 8.01. The van der Waals surface area contributed by atoms with Gasteiger partial charge >= 0.3 is 0 Å². The predicted octanol–water partition coefficient (Wildman–Crippen LogP) is 3.58. The number of hydrogen-bond acceptors (Lipinski definition) is 9. The van der Waals surface area contributed by atoms with E-state index in [0.29, 0.717) is 24.9 Å². The molecule has 10 heteroatoms. The maximum Gasteiger partial charge on any atom is 0.235 e. The van der Waals surface area contributed by atoms with Crippen molar-refractivity contribution in [1.82, 2.24) is 24.7 Å². The minimum Gasteiger partial charge on any atom is -0.494 e. The molecule has 2 aromatic heterocycles. The van der Waals surface area contributed by atoms with E-state index in [1.165, 1.54) is 0 Å². The van der Waals surface area contributed by atoms with E-state index in [-0.39, 0.29) is 17.2 Å². The molecule has 1 N–H and O–H groups in total. The summed E-state index contributed by atoms with van der Waals surface area (Å²) in [5, 5.41) is 9.05. The summed E-state index contributed by atoms with van der Waals surface area (Å²) < 4.78 is 22.0. The number of hydrogen-bond donors (Lipinski definition) is 1. The molecule has 0 spiro atoms. The molecule has 3 aromatic rings. The molecule has 0 saturated heterocycles. The Bertz CT molecular complexity index is 1010. The summed E-state index contributed by atoms with van der Waals surface area (Å²) in [6, 6.07) is 7.81. The third-order valence-corrected chi connectivity index (χ3v) is 6.39. The molecule has 0 aliphatic carbocycles. The fourth-order valence-electron chi connectivity index (χ4n) is 3.37. The number of para-hydroxylation sites is 1. The van der Waals surface area contributed by atoms with E-state index in [2.05, 4.69) is 43.3 Å². The molecule has 0 saturated carbocycles. The van der Waals surface area contributed by atoms with Crippen LogP contribution >= 0.6 is 11.9 Å². The molecule has 164 valence electrons. The lowest BCUT2D eigenvalue weighted by Crippen LogP contribution is -2.22. The molecule has 0 bridgehead atoms. The molecule has 0 fully saturated rings. The molecule has 0 radical (unpaired) electrons. The van der Waals surface area contributed by atoms with Crippen molar-refractivity contribution in [1.29, 1.82) is 0 Å². The van der Waals surface area contributed by atoms with Gasteiger partial charge in [-0.1, -0.05) is 26.0 Å². The van der Waals surface area contributed by atoms with Gasteiger partial charge in [0, 0.05) is 18.3 Å². The first-order chi connectivity index (χ1) is 15.1. The van der Waals surface area contributed by atoms with Crippen molar-refractivity contribution in [3.8, 4) is 22.9 Å². The van der Waals surface area contributed by atoms with Gasteiger partial charge in [-0.3, -0.25) is 9.29 Å². The van der Waals surface area contributed by atoms with Crippen LogP contribution in [0.2, 0.25) is 0 Å². The number of fused-ring (bicyclic) bond motifs is 3. The lowest BCUT2D eigenvalue weighted by Gasteiger charge is -2.21. The summed E-state index contributed by atoms with van der Waals surface area (Å²) >= 11 is 1.56. The third-order valence-electron chi connectivity index (χ3n) is 5.31. The largest absolute Gasteiger partial charge is 0.494 e. The summed E-state index contributed by atoms with van der Waals surface area (Å²) in [6.07, 6.45) is 3.38. The normalized spacial score (nSPS) is 17.0. The molecule has 9 nitrogen and oxygen atoms in total. The van der Waals surface area contributed by atoms with Crippen LogP contribution in [0.1, 0.15) is 31.6 Å². The molecule has 1 aromatic carbocycles. The number of nitrogens with one attached hydrogen (secondary N) is 1. The Morgan fingerprint density at radius 3 is 2.71 bits per heavy atom. The van der Waals surface area contributed by atoms with Crippen LogP contribution in [0.15, 0.2) is 36.7 Å². The second kappa shape index (κ2) is 9.52. The molecule has 0 amide bonds. The topological polar surface area (TPSA) is 96.2 Å². The van der Waals surface area contributed by atoms with Gasteiger partial charge in [-0.2, -0.15) is 0 Å². The number of rotatable bonds is 8. The van der Waals surface area contributed by atoms with E-state index in [4.69, 9.17) is 14.2 Å². The minimum atomic E-state index is -0.0526. The van der Waals surface area contributed by atoms with Gasteiger partial charge in [0.25, 0.3) is 0 Å². The maximum atomic E-state index is 6.02. The van der Waals surface area contributed by atoms with Gasteiger partial charge in [0.1, 0.15) is 18.2 Å². The van der Waals surface area contributed by atoms with Crippen LogP contribution in [0.25, 0.3) is 11.4 Å². The average Bonchev–Trinajstić information content (AvgIpc) is 3.16. The van der Waals surface area contributed by atoms with Gasteiger partial charge < -0.3 is 14.2 Å². The lowest BCUT2D eigenvalue weighted by molar-refractivity contribution is 0.126. The number of methoxy groups -OCH3 is 2. The first-order valence-corrected chi connectivity index (χ1v) is 10.9. The highest BCUT2D eigenvalue weighted by Gasteiger charge is 2.28.